The molecule has 4 heteroatoms. The Balaban J connectivity index is 1.78. The van der Waals surface area contributed by atoms with Gasteiger partial charge in [-0.3, -0.25) is 4.98 Å². The number of hydrogen-bond acceptors (Lipinski definition) is 3. The van der Waals surface area contributed by atoms with Crippen molar-refractivity contribution in [2.24, 2.45) is 0 Å². The molecular weight excluding hydrogens is 284 g/mol. The van der Waals surface area contributed by atoms with Crippen molar-refractivity contribution in [1.29, 1.82) is 0 Å². The van der Waals surface area contributed by atoms with E-state index in [1.54, 1.807) is 12.4 Å². The minimum Gasteiger partial charge on any atom is -0.325 e. The van der Waals surface area contributed by atoms with Crippen molar-refractivity contribution in [2.45, 2.75) is 6.54 Å². The summed E-state index contributed by atoms with van der Waals surface area (Å²) in [6.07, 6.45) is 3.54. The van der Waals surface area contributed by atoms with E-state index in [1.165, 1.54) is 5.56 Å². The largest absolute Gasteiger partial charge is 0.325 e. The summed E-state index contributed by atoms with van der Waals surface area (Å²) in [5.41, 5.74) is 4.32. The maximum Gasteiger partial charge on any atom is 0.208 e. The van der Waals surface area contributed by atoms with Gasteiger partial charge in [0.15, 0.2) is 0 Å². The first-order chi connectivity index (χ1) is 11.4. The number of imidazole rings is 1. The van der Waals surface area contributed by atoms with Crippen molar-refractivity contribution in [3.8, 4) is 0 Å². The second-order valence-corrected chi connectivity index (χ2v) is 5.36. The van der Waals surface area contributed by atoms with Gasteiger partial charge in [0.2, 0.25) is 5.95 Å². The normalized spacial score (nSPS) is 10.8. The topological polar surface area (TPSA) is 42.7 Å². The van der Waals surface area contributed by atoms with E-state index in [1.807, 2.05) is 36.4 Å². The summed E-state index contributed by atoms with van der Waals surface area (Å²) < 4.78 is 2.20. The predicted octanol–water partition coefficient (Wildman–Crippen LogP) is 4.22. The van der Waals surface area contributed by atoms with Gasteiger partial charge < -0.3 is 9.88 Å². The molecule has 4 nitrogen and oxygen atoms in total. The van der Waals surface area contributed by atoms with Crippen LogP contribution in [0.15, 0.2) is 79.1 Å². The summed E-state index contributed by atoms with van der Waals surface area (Å²) in [4.78, 5) is 8.79. The third kappa shape index (κ3) is 2.79. The third-order valence-corrected chi connectivity index (χ3v) is 3.77. The average molecular weight is 300 g/mol. The molecule has 23 heavy (non-hydrogen) atoms. The summed E-state index contributed by atoms with van der Waals surface area (Å²) in [5.74, 6) is 0.834. The first kappa shape index (κ1) is 13.5. The monoisotopic (exact) mass is 300 g/mol. The van der Waals surface area contributed by atoms with Crippen molar-refractivity contribution >= 4 is 22.7 Å². The van der Waals surface area contributed by atoms with Gasteiger partial charge in [-0.05, 0) is 29.8 Å². The smallest absolute Gasteiger partial charge is 0.208 e. The Morgan fingerprint density at radius 3 is 2.39 bits per heavy atom. The molecule has 0 aliphatic rings. The SMILES string of the molecule is c1ccc(Cn2c(Nc3ccncc3)nc3ccccc32)cc1. The highest BCUT2D eigenvalue weighted by Crippen LogP contribution is 2.23. The molecule has 2 aromatic carbocycles. The van der Waals surface area contributed by atoms with Gasteiger partial charge in [-0.1, -0.05) is 42.5 Å². The molecule has 0 spiro atoms. The van der Waals surface area contributed by atoms with Gasteiger partial charge in [-0.25, -0.2) is 4.98 Å². The first-order valence-corrected chi connectivity index (χ1v) is 7.56. The number of aromatic nitrogens is 3. The standard InChI is InChI=1S/C19H16N4/c1-2-6-15(7-3-1)14-23-18-9-5-4-8-17(18)22-19(23)21-16-10-12-20-13-11-16/h1-13H,14H2,(H,20,21,22). The zero-order valence-electron chi connectivity index (χ0n) is 12.6. The minimum atomic E-state index is 0.773. The first-order valence-electron chi connectivity index (χ1n) is 7.56. The molecule has 0 aliphatic heterocycles. The highest BCUT2D eigenvalue weighted by Gasteiger charge is 2.11. The van der Waals surface area contributed by atoms with Crippen LogP contribution in [0, 0.1) is 0 Å². The Morgan fingerprint density at radius 2 is 1.57 bits per heavy atom. The fraction of sp³-hybridized carbons (Fsp3) is 0.0526. The van der Waals surface area contributed by atoms with E-state index in [0.717, 1.165) is 29.2 Å². The quantitative estimate of drug-likeness (QED) is 0.613. The molecule has 112 valence electrons. The fourth-order valence-electron chi connectivity index (χ4n) is 2.66. The highest BCUT2D eigenvalue weighted by atomic mass is 15.2. The number of rotatable bonds is 4. The van der Waals surface area contributed by atoms with Gasteiger partial charge in [0.1, 0.15) is 0 Å². The van der Waals surface area contributed by atoms with Crippen LogP contribution in [-0.4, -0.2) is 14.5 Å². The second kappa shape index (κ2) is 5.93. The third-order valence-electron chi connectivity index (χ3n) is 3.77. The van der Waals surface area contributed by atoms with Crippen LogP contribution >= 0.6 is 0 Å². The summed E-state index contributed by atoms with van der Waals surface area (Å²) in [7, 11) is 0. The zero-order valence-corrected chi connectivity index (χ0v) is 12.6. The molecular formula is C19H16N4. The Bertz CT molecular complexity index is 914. The molecule has 0 bridgehead atoms. The molecule has 0 unspecified atom stereocenters. The summed E-state index contributed by atoms with van der Waals surface area (Å²) in [5, 5.41) is 3.39. The van der Waals surface area contributed by atoms with Crippen molar-refractivity contribution in [1.82, 2.24) is 14.5 Å². The maximum absolute atomic E-state index is 4.74. The molecule has 4 aromatic rings. The van der Waals surface area contributed by atoms with Crippen LogP contribution < -0.4 is 5.32 Å². The Morgan fingerprint density at radius 1 is 0.826 bits per heavy atom. The van der Waals surface area contributed by atoms with E-state index in [4.69, 9.17) is 4.98 Å². The lowest BCUT2D eigenvalue weighted by Crippen LogP contribution is -2.05. The van der Waals surface area contributed by atoms with Gasteiger partial charge in [-0.2, -0.15) is 0 Å². The van der Waals surface area contributed by atoms with Crippen LogP contribution in [0.3, 0.4) is 0 Å². The number of para-hydroxylation sites is 2. The minimum absolute atomic E-state index is 0.773. The molecule has 2 aromatic heterocycles. The number of hydrogen-bond donors (Lipinski definition) is 1. The number of fused-ring (bicyclic) bond motifs is 1. The number of anilines is 2. The molecule has 4 rings (SSSR count). The van der Waals surface area contributed by atoms with E-state index in [-0.39, 0.29) is 0 Å². The van der Waals surface area contributed by atoms with Gasteiger partial charge in [0.05, 0.1) is 17.6 Å². The van der Waals surface area contributed by atoms with Crippen LogP contribution in [0.4, 0.5) is 11.6 Å². The Labute approximate surface area is 134 Å². The van der Waals surface area contributed by atoms with E-state index in [9.17, 15) is 0 Å². The van der Waals surface area contributed by atoms with Crippen molar-refractivity contribution in [3.05, 3.63) is 84.7 Å². The molecule has 0 amide bonds. The predicted molar refractivity (Wildman–Crippen MR) is 92.8 cm³/mol. The Kier molecular flexibility index (Phi) is 3.48. The average Bonchev–Trinajstić information content (AvgIpc) is 2.94. The molecule has 0 radical (unpaired) electrons. The van der Waals surface area contributed by atoms with Gasteiger partial charge >= 0.3 is 0 Å². The number of nitrogens with one attached hydrogen (secondary N) is 1. The van der Waals surface area contributed by atoms with Crippen LogP contribution in [0.1, 0.15) is 5.56 Å². The highest BCUT2D eigenvalue weighted by molar-refractivity contribution is 5.79. The molecule has 2 heterocycles. The van der Waals surface area contributed by atoms with Gasteiger partial charge in [0, 0.05) is 18.1 Å². The molecule has 0 aliphatic carbocycles. The lowest BCUT2D eigenvalue weighted by atomic mass is 10.2. The van der Waals surface area contributed by atoms with E-state index in [2.05, 4.69) is 45.2 Å². The molecule has 1 N–H and O–H groups in total. The number of pyridine rings is 1. The lowest BCUT2D eigenvalue weighted by molar-refractivity contribution is 0.835. The van der Waals surface area contributed by atoms with Crippen LogP contribution in [-0.2, 0) is 6.54 Å². The molecule has 0 saturated carbocycles. The molecule has 0 atom stereocenters. The number of nitrogens with zero attached hydrogens (tertiary/aromatic N) is 3. The van der Waals surface area contributed by atoms with Crippen LogP contribution in [0.5, 0.6) is 0 Å². The van der Waals surface area contributed by atoms with Gasteiger partial charge in [-0.15, -0.1) is 0 Å². The van der Waals surface area contributed by atoms with Crippen LogP contribution in [0.2, 0.25) is 0 Å². The molecule has 0 fully saturated rings. The lowest BCUT2D eigenvalue weighted by Gasteiger charge is -2.11. The maximum atomic E-state index is 4.74. The van der Waals surface area contributed by atoms with Crippen molar-refractivity contribution < 1.29 is 0 Å². The zero-order chi connectivity index (χ0) is 15.5. The van der Waals surface area contributed by atoms with Gasteiger partial charge in [0.25, 0.3) is 0 Å². The van der Waals surface area contributed by atoms with E-state index < -0.39 is 0 Å². The fourth-order valence-corrected chi connectivity index (χ4v) is 2.66. The Hall–Kier alpha value is -3.14. The van der Waals surface area contributed by atoms with E-state index in [0.29, 0.717) is 0 Å². The van der Waals surface area contributed by atoms with E-state index >= 15 is 0 Å². The molecule has 0 saturated heterocycles. The summed E-state index contributed by atoms with van der Waals surface area (Å²) in [6, 6.07) is 22.5. The van der Waals surface area contributed by atoms with Crippen LogP contribution in [0.25, 0.3) is 11.0 Å². The second-order valence-electron chi connectivity index (χ2n) is 5.36. The summed E-state index contributed by atoms with van der Waals surface area (Å²) in [6.45, 7) is 0.773. The summed E-state index contributed by atoms with van der Waals surface area (Å²) >= 11 is 0. The number of benzene rings is 2. The van der Waals surface area contributed by atoms with Crippen molar-refractivity contribution in [2.75, 3.05) is 5.32 Å². The van der Waals surface area contributed by atoms with Crippen molar-refractivity contribution in [3.63, 3.8) is 0 Å².